The summed E-state index contributed by atoms with van der Waals surface area (Å²) in [5.41, 5.74) is 0. The van der Waals surface area contributed by atoms with E-state index in [0.717, 1.165) is 10.8 Å². The average molecular weight is 302 g/mol. The van der Waals surface area contributed by atoms with Gasteiger partial charge >= 0.3 is 11.9 Å². The van der Waals surface area contributed by atoms with E-state index in [-0.39, 0.29) is 13.2 Å². The predicted octanol–water partition coefficient (Wildman–Crippen LogP) is 2.71. The van der Waals surface area contributed by atoms with Gasteiger partial charge in [-0.1, -0.05) is 36.4 Å². The lowest BCUT2D eigenvalue weighted by molar-refractivity contribution is -0.166. The highest BCUT2D eigenvalue weighted by Crippen LogP contribution is 2.26. The molecule has 2 rings (SSSR count). The van der Waals surface area contributed by atoms with Crippen LogP contribution in [0.1, 0.15) is 13.8 Å². The molecule has 0 saturated carbocycles. The molecule has 2 aromatic rings. The van der Waals surface area contributed by atoms with Crippen LogP contribution in [0.3, 0.4) is 0 Å². The molecule has 0 radical (unpaired) electrons. The Hall–Kier alpha value is -2.56. The fourth-order valence-electron chi connectivity index (χ4n) is 2.05. The number of benzene rings is 2. The number of hydrogen-bond donors (Lipinski definition) is 0. The molecular weight excluding hydrogens is 284 g/mol. The van der Waals surface area contributed by atoms with E-state index in [0.29, 0.717) is 5.75 Å². The third kappa shape index (κ3) is 3.55. The lowest BCUT2D eigenvalue weighted by Crippen LogP contribution is -2.38. The summed E-state index contributed by atoms with van der Waals surface area (Å²) in [6.07, 6.45) is -1.43. The van der Waals surface area contributed by atoms with Crippen LogP contribution in [0.25, 0.3) is 10.8 Å². The molecule has 0 aromatic heterocycles. The fourth-order valence-corrected chi connectivity index (χ4v) is 2.05. The van der Waals surface area contributed by atoms with Gasteiger partial charge in [0.15, 0.2) is 0 Å². The van der Waals surface area contributed by atoms with Crippen LogP contribution in [0.2, 0.25) is 0 Å². The smallest absolute Gasteiger partial charge is 0.359 e. The van der Waals surface area contributed by atoms with Gasteiger partial charge in [0, 0.05) is 5.39 Å². The minimum atomic E-state index is -1.43. The minimum Gasteiger partial charge on any atom is -0.466 e. The van der Waals surface area contributed by atoms with Crippen molar-refractivity contribution >= 4 is 22.7 Å². The first-order chi connectivity index (χ1) is 10.7. The minimum absolute atomic E-state index is 0.160. The summed E-state index contributed by atoms with van der Waals surface area (Å²) in [6.45, 7) is 3.65. The SMILES string of the molecule is CCOC(=O)C(Oc1cccc2ccccc12)C(=O)OCC. The normalized spacial score (nSPS) is 10.5. The van der Waals surface area contributed by atoms with E-state index in [2.05, 4.69) is 0 Å². The summed E-state index contributed by atoms with van der Waals surface area (Å²) in [4.78, 5) is 23.9. The second-order valence-electron chi connectivity index (χ2n) is 4.48. The average Bonchev–Trinajstić information content (AvgIpc) is 2.53. The number of rotatable bonds is 6. The van der Waals surface area contributed by atoms with Crippen LogP contribution in [0.4, 0.5) is 0 Å². The standard InChI is InChI=1S/C17H18O5/c1-3-20-16(18)15(17(19)21-4-2)22-14-11-7-9-12-8-5-6-10-13(12)14/h5-11,15H,3-4H2,1-2H3. The lowest BCUT2D eigenvalue weighted by atomic mass is 10.1. The summed E-state index contributed by atoms with van der Waals surface area (Å²) < 4.78 is 15.4. The molecule has 0 bridgehead atoms. The molecule has 0 spiro atoms. The molecule has 5 heteroatoms. The van der Waals surface area contributed by atoms with Crippen LogP contribution < -0.4 is 4.74 Å². The molecule has 0 heterocycles. The van der Waals surface area contributed by atoms with Gasteiger partial charge in [0.2, 0.25) is 0 Å². The van der Waals surface area contributed by atoms with Crippen molar-refractivity contribution in [2.75, 3.05) is 13.2 Å². The maximum Gasteiger partial charge on any atom is 0.359 e. The predicted molar refractivity (Wildman–Crippen MR) is 81.6 cm³/mol. The Bertz CT molecular complexity index is 642. The Morgan fingerprint density at radius 3 is 2.14 bits per heavy atom. The lowest BCUT2D eigenvalue weighted by Gasteiger charge is -2.17. The molecule has 5 nitrogen and oxygen atoms in total. The van der Waals surface area contributed by atoms with Gasteiger partial charge in [-0.2, -0.15) is 0 Å². The van der Waals surface area contributed by atoms with Gasteiger partial charge in [-0.15, -0.1) is 0 Å². The maximum atomic E-state index is 12.0. The Morgan fingerprint density at radius 1 is 0.909 bits per heavy atom. The zero-order chi connectivity index (χ0) is 15.9. The fraction of sp³-hybridized carbons (Fsp3) is 0.294. The van der Waals surface area contributed by atoms with Crippen molar-refractivity contribution in [3.05, 3.63) is 42.5 Å². The van der Waals surface area contributed by atoms with Gasteiger partial charge in [-0.25, -0.2) is 9.59 Å². The van der Waals surface area contributed by atoms with Gasteiger partial charge in [0.1, 0.15) is 5.75 Å². The first kappa shape index (κ1) is 15.8. The van der Waals surface area contributed by atoms with Crippen LogP contribution in [0, 0.1) is 0 Å². The van der Waals surface area contributed by atoms with E-state index in [4.69, 9.17) is 14.2 Å². The molecule has 0 amide bonds. The van der Waals surface area contributed by atoms with Gasteiger partial charge in [0.25, 0.3) is 6.10 Å². The number of fused-ring (bicyclic) bond motifs is 1. The summed E-state index contributed by atoms with van der Waals surface area (Å²) in [5.74, 6) is -1.08. The number of carbonyl (C=O) groups is 2. The molecule has 0 aliphatic carbocycles. The molecule has 0 aliphatic rings. The third-order valence-electron chi connectivity index (χ3n) is 3.00. The number of hydrogen-bond acceptors (Lipinski definition) is 5. The Balaban J connectivity index is 2.32. The molecule has 116 valence electrons. The highest BCUT2D eigenvalue weighted by Gasteiger charge is 2.32. The first-order valence-electron chi connectivity index (χ1n) is 7.15. The molecule has 2 aromatic carbocycles. The van der Waals surface area contributed by atoms with E-state index in [1.807, 2.05) is 30.3 Å². The van der Waals surface area contributed by atoms with Crippen LogP contribution in [0.15, 0.2) is 42.5 Å². The van der Waals surface area contributed by atoms with Gasteiger partial charge in [0.05, 0.1) is 13.2 Å². The topological polar surface area (TPSA) is 61.8 Å². The molecule has 0 fully saturated rings. The zero-order valence-electron chi connectivity index (χ0n) is 12.6. The van der Waals surface area contributed by atoms with E-state index >= 15 is 0 Å². The van der Waals surface area contributed by atoms with Crippen molar-refractivity contribution in [3.8, 4) is 5.75 Å². The molecular formula is C17H18O5. The summed E-state index contributed by atoms with van der Waals surface area (Å²) in [7, 11) is 0. The van der Waals surface area contributed by atoms with Gasteiger partial charge in [-0.3, -0.25) is 0 Å². The van der Waals surface area contributed by atoms with Gasteiger partial charge < -0.3 is 14.2 Å². The molecule has 0 N–H and O–H groups in total. The zero-order valence-corrected chi connectivity index (χ0v) is 12.6. The monoisotopic (exact) mass is 302 g/mol. The van der Waals surface area contributed by atoms with E-state index in [1.165, 1.54) is 0 Å². The molecule has 22 heavy (non-hydrogen) atoms. The van der Waals surface area contributed by atoms with E-state index in [9.17, 15) is 9.59 Å². The quantitative estimate of drug-likeness (QED) is 0.606. The second kappa shape index (κ2) is 7.45. The van der Waals surface area contributed by atoms with Gasteiger partial charge in [-0.05, 0) is 25.3 Å². The van der Waals surface area contributed by atoms with Crippen LogP contribution in [0.5, 0.6) is 5.75 Å². The van der Waals surface area contributed by atoms with Crippen molar-refractivity contribution in [1.82, 2.24) is 0 Å². The van der Waals surface area contributed by atoms with E-state index in [1.54, 1.807) is 26.0 Å². The third-order valence-corrected chi connectivity index (χ3v) is 3.00. The molecule has 0 aliphatic heterocycles. The Kier molecular flexibility index (Phi) is 5.36. The van der Waals surface area contributed by atoms with Crippen molar-refractivity contribution in [3.63, 3.8) is 0 Å². The van der Waals surface area contributed by atoms with Crippen LogP contribution >= 0.6 is 0 Å². The van der Waals surface area contributed by atoms with Crippen LogP contribution in [-0.2, 0) is 19.1 Å². The van der Waals surface area contributed by atoms with Crippen molar-refractivity contribution in [2.24, 2.45) is 0 Å². The summed E-state index contributed by atoms with van der Waals surface area (Å²) >= 11 is 0. The molecule has 0 unspecified atom stereocenters. The number of ether oxygens (including phenoxy) is 3. The number of carbonyl (C=O) groups excluding carboxylic acids is 2. The second-order valence-corrected chi connectivity index (χ2v) is 4.48. The molecule has 0 saturated heterocycles. The highest BCUT2D eigenvalue weighted by atomic mass is 16.6. The Labute approximate surface area is 128 Å². The Morgan fingerprint density at radius 2 is 1.50 bits per heavy atom. The first-order valence-corrected chi connectivity index (χ1v) is 7.15. The van der Waals surface area contributed by atoms with Crippen molar-refractivity contribution in [2.45, 2.75) is 20.0 Å². The highest BCUT2D eigenvalue weighted by molar-refractivity contribution is 5.99. The largest absolute Gasteiger partial charge is 0.466 e. The molecule has 0 atom stereocenters. The van der Waals surface area contributed by atoms with Crippen LogP contribution in [-0.4, -0.2) is 31.3 Å². The maximum absolute atomic E-state index is 12.0. The summed E-state index contributed by atoms with van der Waals surface area (Å²) in [5, 5.41) is 1.76. The summed E-state index contributed by atoms with van der Waals surface area (Å²) in [6, 6.07) is 13.0. The van der Waals surface area contributed by atoms with Crippen molar-refractivity contribution in [1.29, 1.82) is 0 Å². The van der Waals surface area contributed by atoms with Crippen molar-refractivity contribution < 1.29 is 23.8 Å². The van der Waals surface area contributed by atoms with E-state index < -0.39 is 18.0 Å². The number of esters is 2.